The van der Waals surface area contributed by atoms with E-state index < -0.39 is 0 Å². The molecule has 1 atom stereocenters. The molecule has 144 valence electrons. The minimum atomic E-state index is -0.0758. The number of piperidine rings is 1. The number of hydrogen-bond acceptors (Lipinski definition) is 3. The van der Waals surface area contributed by atoms with Gasteiger partial charge in [-0.25, -0.2) is 0 Å². The summed E-state index contributed by atoms with van der Waals surface area (Å²) in [6, 6.07) is 6.02. The fourth-order valence-electron chi connectivity index (χ4n) is 4.73. The van der Waals surface area contributed by atoms with Gasteiger partial charge in [-0.15, -0.1) is 6.58 Å². The van der Waals surface area contributed by atoms with Gasteiger partial charge in [0.15, 0.2) is 0 Å². The molecule has 0 bridgehead atoms. The van der Waals surface area contributed by atoms with Gasteiger partial charge in [0.25, 0.3) is 5.91 Å². The second kappa shape index (κ2) is 7.75. The van der Waals surface area contributed by atoms with E-state index in [0.29, 0.717) is 12.1 Å². The summed E-state index contributed by atoms with van der Waals surface area (Å²) >= 11 is 0. The number of anilines is 2. The largest absolute Gasteiger partial charge is 0.358 e. The molecule has 0 radical (unpaired) electrons. The summed E-state index contributed by atoms with van der Waals surface area (Å²) in [5.74, 6) is 0.100. The summed E-state index contributed by atoms with van der Waals surface area (Å²) < 4.78 is 0. The zero-order valence-electron chi connectivity index (χ0n) is 16.0. The molecule has 27 heavy (non-hydrogen) atoms. The van der Waals surface area contributed by atoms with E-state index in [0.717, 1.165) is 50.0 Å². The number of amides is 2. The van der Waals surface area contributed by atoms with Crippen LogP contribution in [0, 0.1) is 0 Å². The van der Waals surface area contributed by atoms with Crippen molar-refractivity contribution in [2.75, 3.05) is 22.9 Å². The second-order valence-corrected chi connectivity index (χ2v) is 7.95. The van der Waals surface area contributed by atoms with Crippen molar-refractivity contribution in [3.05, 3.63) is 36.4 Å². The number of carbonyl (C=O) groups is 2. The Balaban J connectivity index is 1.63. The Kier molecular flexibility index (Phi) is 5.19. The van der Waals surface area contributed by atoms with Crippen LogP contribution in [0.25, 0.3) is 0 Å². The molecule has 1 aliphatic carbocycles. The second-order valence-electron chi connectivity index (χ2n) is 7.95. The van der Waals surface area contributed by atoms with E-state index >= 15 is 0 Å². The zero-order chi connectivity index (χ0) is 18.8. The highest BCUT2D eigenvalue weighted by Crippen LogP contribution is 2.40. The van der Waals surface area contributed by atoms with E-state index in [9.17, 15) is 9.59 Å². The lowest BCUT2D eigenvalue weighted by Gasteiger charge is -2.45. The Bertz CT molecular complexity index is 739. The van der Waals surface area contributed by atoms with Crippen molar-refractivity contribution in [3.63, 3.8) is 0 Å². The van der Waals surface area contributed by atoms with Crippen LogP contribution in [-0.4, -0.2) is 37.0 Å². The number of carbonyl (C=O) groups excluding carboxylic acids is 2. The number of nitrogens with zero attached hydrogens (tertiary/aromatic N) is 2. The molecule has 2 amide bonds. The van der Waals surface area contributed by atoms with Crippen LogP contribution < -0.4 is 15.1 Å². The molecule has 4 rings (SSSR count). The molecule has 2 fully saturated rings. The Morgan fingerprint density at radius 1 is 1.11 bits per heavy atom. The molecule has 1 aromatic carbocycles. The first kappa shape index (κ1) is 18.1. The third-order valence-corrected chi connectivity index (χ3v) is 6.14. The lowest BCUT2D eigenvalue weighted by molar-refractivity contribution is -0.120. The van der Waals surface area contributed by atoms with Crippen molar-refractivity contribution in [2.24, 2.45) is 0 Å². The molecule has 0 aromatic heterocycles. The fraction of sp³-hybridized carbons (Fsp3) is 0.545. The van der Waals surface area contributed by atoms with E-state index in [2.05, 4.69) is 16.8 Å². The lowest BCUT2D eigenvalue weighted by Crippen LogP contribution is -2.55. The first-order valence-electron chi connectivity index (χ1n) is 10.3. The quantitative estimate of drug-likeness (QED) is 0.827. The SMILES string of the molecule is C=CCN1C(=O)C2CCCCN2c2ccc(C(=O)NC3CCCCC3)cc21. The highest BCUT2D eigenvalue weighted by molar-refractivity contribution is 6.07. The molecule has 0 spiro atoms. The van der Waals surface area contributed by atoms with Crippen LogP contribution in [-0.2, 0) is 4.79 Å². The standard InChI is InChI=1S/C22H29N3O2/c1-2-13-25-20-15-16(21(26)23-17-8-4-3-5-9-17)11-12-18(20)24-14-7-6-10-19(24)22(25)27/h2,11-12,15,17,19H,1,3-10,13-14H2,(H,23,26). The third kappa shape index (κ3) is 3.47. The number of fused-ring (bicyclic) bond motifs is 3. The first-order valence-corrected chi connectivity index (χ1v) is 10.3. The Morgan fingerprint density at radius 2 is 1.89 bits per heavy atom. The lowest BCUT2D eigenvalue weighted by atomic mass is 9.94. The molecule has 1 N–H and O–H groups in total. The Hall–Kier alpha value is -2.30. The van der Waals surface area contributed by atoms with Gasteiger partial charge >= 0.3 is 0 Å². The van der Waals surface area contributed by atoms with Crippen LogP contribution >= 0.6 is 0 Å². The summed E-state index contributed by atoms with van der Waals surface area (Å²) in [5, 5.41) is 3.18. The topological polar surface area (TPSA) is 52.7 Å². The molecule has 5 heteroatoms. The summed E-state index contributed by atoms with van der Waals surface area (Å²) in [7, 11) is 0. The van der Waals surface area contributed by atoms with Gasteiger partial charge in [0.05, 0.1) is 11.4 Å². The molecule has 1 aromatic rings. The molecular formula is C22H29N3O2. The highest BCUT2D eigenvalue weighted by atomic mass is 16.2. The van der Waals surface area contributed by atoms with Gasteiger partial charge in [0.2, 0.25) is 5.91 Å². The van der Waals surface area contributed by atoms with Crippen molar-refractivity contribution >= 4 is 23.2 Å². The van der Waals surface area contributed by atoms with Gasteiger partial charge in [-0.2, -0.15) is 0 Å². The minimum absolute atomic E-state index is 0.0310. The van der Waals surface area contributed by atoms with Crippen molar-refractivity contribution in [3.8, 4) is 0 Å². The maximum atomic E-state index is 13.0. The van der Waals surface area contributed by atoms with E-state index in [1.165, 1.54) is 19.3 Å². The average molecular weight is 367 g/mol. The van der Waals surface area contributed by atoms with Gasteiger partial charge in [0, 0.05) is 24.7 Å². The summed E-state index contributed by atoms with van der Waals surface area (Å²) in [6.45, 7) is 5.19. The molecule has 1 unspecified atom stereocenters. The van der Waals surface area contributed by atoms with Crippen LogP contribution in [0.15, 0.2) is 30.9 Å². The highest BCUT2D eigenvalue weighted by Gasteiger charge is 2.39. The summed E-state index contributed by atoms with van der Waals surface area (Å²) in [6.07, 6.45) is 10.6. The normalized spacial score (nSPS) is 22.8. The average Bonchev–Trinajstić information content (AvgIpc) is 2.71. The van der Waals surface area contributed by atoms with E-state index in [4.69, 9.17) is 0 Å². The predicted molar refractivity (Wildman–Crippen MR) is 108 cm³/mol. The maximum absolute atomic E-state index is 13.0. The number of hydrogen-bond donors (Lipinski definition) is 1. The monoisotopic (exact) mass is 367 g/mol. The summed E-state index contributed by atoms with van der Waals surface area (Å²) in [4.78, 5) is 29.8. The van der Waals surface area contributed by atoms with Crippen LogP contribution in [0.3, 0.4) is 0 Å². The Morgan fingerprint density at radius 3 is 2.67 bits per heavy atom. The van der Waals surface area contributed by atoms with Gasteiger partial charge < -0.3 is 15.1 Å². The molecule has 2 heterocycles. The van der Waals surface area contributed by atoms with E-state index in [-0.39, 0.29) is 23.9 Å². The molecule has 1 saturated carbocycles. The van der Waals surface area contributed by atoms with Crippen molar-refractivity contribution in [2.45, 2.75) is 63.5 Å². The Labute approximate surface area is 161 Å². The van der Waals surface area contributed by atoms with Crippen LogP contribution in [0.4, 0.5) is 11.4 Å². The molecular weight excluding hydrogens is 338 g/mol. The summed E-state index contributed by atoms with van der Waals surface area (Å²) in [5.41, 5.74) is 2.54. The number of nitrogens with one attached hydrogen (secondary N) is 1. The van der Waals surface area contributed by atoms with Gasteiger partial charge in [-0.05, 0) is 50.3 Å². The maximum Gasteiger partial charge on any atom is 0.251 e. The van der Waals surface area contributed by atoms with Crippen molar-refractivity contribution in [1.82, 2.24) is 5.32 Å². The molecule has 1 saturated heterocycles. The minimum Gasteiger partial charge on any atom is -0.358 e. The van der Waals surface area contributed by atoms with Gasteiger partial charge in [0.1, 0.15) is 6.04 Å². The van der Waals surface area contributed by atoms with E-state index in [1.54, 1.807) is 11.0 Å². The smallest absolute Gasteiger partial charge is 0.251 e. The van der Waals surface area contributed by atoms with Crippen LogP contribution in [0.2, 0.25) is 0 Å². The van der Waals surface area contributed by atoms with Gasteiger partial charge in [-0.1, -0.05) is 25.3 Å². The molecule has 2 aliphatic heterocycles. The first-order chi connectivity index (χ1) is 13.2. The number of rotatable bonds is 4. The zero-order valence-corrected chi connectivity index (χ0v) is 16.0. The van der Waals surface area contributed by atoms with Gasteiger partial charge in [-0.3, -0.25) is 9.59 Å². The van der Waals surface area contributed by atoms with Crippen LogP contribution in [0.1, 0.15) is 61.7 Å². The van der Waals surface area contributed by atoms with Crippen molar-refractivity contribution < 1.29 is 9.59 Å². The fourth-order valence-corrected chi connectivity index (χ4v) is 4.73. The third-order valence-electron chi connectivity index (χ3n) is 6.14. The number of benzene rings is 1. The van der Waals surface area contributed by atoms with Crippen molar-refractivity contribution in [1.29, 1.82) is 0 Å². The molecule has 3 aliphatic rings. The molecule has 5 nitrogen and oxygen atoms in total. The van der Waals surface area contributed by atoms with Crippen LogP contribution in [0.5, 0.6) is 0 Å². The van der Waals surface area contributed by atoms with E-state index in [1.807, 2.05) is 18.2 Å². The predicted octanol–water partition coefficient (Wildman–Crippen LogP) is 3.64.